The molecule has 3 nitrogen and oxygen atoms in total. The zero-order chi connectivity index (χ0) is 17.3. The Morgan fingerprint density at radius 3 is 2.54 bits per heavy atom. The molecule has 0 aliphatic rings. The molecule has 1 amide bonds. The molecule has 3 aromatic rings. The molecule has 0 spiro atoms. The standard InChI is InChI=1S/C20H20FNO2/c1-13(2)22(12-15-7-5-4-6-8-15)20(23)19-14(3)17-11-16(21)9-10-18(17)24-19/h4-11,13H,12H2,1-3H3. The molecule has 0 bridgehead atoms. The number of nitrogens with zero attached hydrogens (tertiary/aromatic N) is 1. The molecular weight excluding hydrogens is 305 g/mol. The van der Waals surface area contributed by atoms with Crippen molar-refractivity contribution < 1.29 is 13.6 Å². The molecular formula is C20H20FNO2. The third kappa shape index (κ3) is 3.04. The van der Waals surface area contributed by atoms with Crippen LogP contribution < -0.4 is 0 Å². The van der Waals surface area contributed by atoms with Gasteiger partial charge in [-0.25, -0.2) is 4.39 Å². The van der Waals surface area contributed by atoms with Crippen molar-refractivity contribution in [1.82, 2.24) is 4.90 Å². The van der Waals surface area contributed by atoms with Gasteiger partial charge in [0.25, 0.3) is 5.91 Å². The van der Waals surface area contributed by atoms with Gasteiger partial charge in [-0.1, -0.05) is 30.3 Å². The van der Waals surface area contributed by atoms with E-state index in [1.807, 2.05) is 44.2 Å². The number of hydrogen-bond donors (Lipinski definition) is 0. The summed E-state index contributed by atoms with van der Waals surface area (Å²) in [5.74, 6) is -0.237. The topological polar surface area (TPSA) is 33.5 Å². The minimum atomic E-state index is -0.338. The summed E-state index contributed by atoms with van der Waals surface area (Å²) < 4.78 is 19.2. The van der Waals surface area contributed by atoms with Gasteiger partial charge in [-0.2, -0.15) is 0 Å². The lowest BCUT2D eigenvalue weighted by atomic mass is 10.1. The van der Waals surface area contributed by atoms with E-state index in [0.717, 1.165) is 5.56 Å². The average molecular weight is 325 g/mol. The minimum absolute atomic E-state index is 0.0158. The largest absolute Gasteiger partial charge is 0.451 e. The fourth-order valence-corrected chi connectivity index (χ4v) is 2.80. The zero-order valence-electron chi connectivity index (χ0n) is 14.0. The van der Waals surface area contributed by atoms with E-state index >= 15 is 0 Å². The molecule has 0 saturated heterocycles. The highest BCUT2D eigenvalue weighted by Crippen LogP contribution is 2.27. The molecule has 0 fully saturated rings. The highest BCUT2D eigenvalue weighted by atomic mass is 19.1. The zero-order valence-corrected chi connectivity index (χ0v) is 14.0. The second-order valence-electron chi connectivity index (χ2n) is 6.21. The number of aryl methyl sites for hydroxylation is 1. The number of furan rings is 1. The van der Waals surface area contributed by atoms with E-state index in [1.165, 1.54) is 12.1 Å². The second kappa shape index (κ2) is 6.48. The fourth-order valence-electron chi connectivity index (χ4n) is 2.80. The Balaban J connectivity index is 1.97. The highest BCUT2D eigenvalue weighted by Gasteiger charge is 2.25. The number of hydrogen-bond acceptors (Lipinski definition) is 2. The Kier molecular flexibility index (Phi) is 4.38. The first kappa shape index (κ1) is 16.2. The lowest BCUT2D eigenvalue weighted by Crippen LogP contribution is -2.36. The van der Waals surface area contributed by atoms with Gasteiger partial charge in [-0.3, -0.25) is 4.79 Å². The Bertz CT molecular complexity index is 868. The van der Waals surface area contributed by atoms with Crippen molar-refractivity contribution in [1.29, 1.82) is 0 Å². The van der Waals surface area contributed by atoms with Crippen molar-refractivity contribution in [2.75, 3.05) is 0 Å². The molecule has 2 aromatic carbocycles. The summed E-state index contributed by atoms with van der Waals surface area (Å²) in [6, 6.07) is 14.1. The molecule has 124 valence electrons. The normalized spacial score (nSPS) is 11.2. The van der Waals surface area contributed by atoms with E-state index in [0.29, 0.717) is 23.1 Å². The summed E-state index contributed by atoms with van der Waals surface area (Å²) >= 11 is 0. The smallest absolute Gasteiger partial charge is 0.290 e. The maximum absolute atomic E-state index is 13.5. The van der Waals surface area contributed by atoms with Crippen LogP contribution in [0.15, 0.2) is 52.9 Å². The third-order valence-corrected chi connectivity index (χ3v) is 4.17. The fraction of sp³-hybridized carbons (Fsp3) is 0.250. The van der Waals surface area contributed by atoms with Crippen LogP contribution in [-0.2, 0) is 6.54 Å². The molecule has 0 saturated carbocycles. The van der Waals surface area contributed by atoms with Crippen LogP contribution in [0.1, 0.15) is 35.5 Å². The van der Waals surface area contributed by atoms with E-state index in [4.69, 9.17) is 4.42 Å². The van der Waals surface area contributed by atoms with Crippen LogP contribution in [0.25, 0.3) is 11.0 Å². The molecule has 0 aliphatic carbocycles. The van der Waals surface area contributed by atoms with Crippen molar-refractivity contribution in [3.63, 3.8) is 0 Å². The number of halogens is 1. The van der Waals surface area contributed by atoms with Gasteiger partial charge in [0, 0.05) is 23.5 Å². The van der Waals surface area contributed by atoms with Crippen molar-refractivity contribution in [3.8, 4) is 0 Å². The van der Waals surface area contributed by atoms with E-state index in [2.05, 4.69) is 0 Å². The molecule has 0 aliphatic heterocycles. The molecule has 0 unspecified atom stereocenters. The van der Waals surface area contributed by atoms with E-state index in [9.17, 15) is 9.18 Å². The molecule has 1 heterocycles. The van der Waals surface area contributed by atoms with Crippen LogP contribution in [0.5, 0.6) is 0 Å². The summed E-state index contributed by atoms with van der Waals surface area (Å²) in [5, 5.41) is 0.641. The second-order valence-corrected chi connectivity index (χ2v) is 6.21. The van der Waals surface area contributed by atoms with Crippen molar-refractivity contribution in [3.05, 3.63) is 71.2 Å². The number of carbonyl (C=O) groups is 1. The SMILES string of the molecule is Cc1c(C(=O)N(Cc2ccccc2)C(C)C)oc2ccc(F)cc12. The van der Waals surface area contributed by atoms with Gasteiger partial charge in [-0.05, 0) is 44.5 Å². The van der Waals surface area contributed by atoms with Gasteiger partial charge in [0.1, 0.15) is 11.4 Å². The quantitative estimate of drug-likeness (QED) is 0.681. The first-order valence-corrected chi connectivity index (χ1v) is 8.01. The highest BCUT2D eigenvalue weighted by molar-refractivity contribution is 5.99. The molecule has 0 N–H and O–H groups in total. The van der Waals surface area contributed by atoms with Crippen molar-refractivity contribution in [2.24, 2.45) is 0 Å². The Morgan fingerprint density at radius 1 is 1.17 bits per heavy atom. The average Bonchev–Trinajstić information content (AvgIpc) is 2.89. The molecule has 0 radical (unpaired) electrons. The van der Waals surface area contributed by atoms with E-state index < -0.39 is 0 Å². The molecule has 3 rings (SSSR count). The summed E-state index contributed by atoms with van der Waals surface area (Å²) in [6.07, 6.45) is 0. The van der Waals surface area contributed by atoms with Crippen LogP contribution in [0.3, 0.4) is 0 Å². The van der Waals surface area contributed by atoms with E-state index in [1.54, 1.807) is 17.9 Å². The number of amides is 1. The van der Waals surface area contributed by atoms with Gasteiger partial charge in [0.2, 0.25) is 0 Å². The minimum Gasteiger partial charge on any atom is -0.451 e. The van der Waals surface area contributed by atoms with Crippen LogP contribution >= 0.6 is 0 Å². The van der Waals surface area contributed by atoms with Crippen LogP contribution in [0.4, 0.5) is 4.39 Å². The van der Waals surface area contributed by atoms with Crippen molar-refractivity contribution >= 4 is 16.9 Å². The number of benzene rings is 2. The van der Waals surface area contributed by atoms with Gasteiger partial charge in [0.15, 0.2) is 5.76 Å². The number of carbonyl (C=O) groups excluding carboxylic acids is 1. The molecule has 4 heteroatoms. The van der Waals surface area contributed by atoms with Crippen LogP contribution in [0, 0.1) is 12.7 Å². The summed E-state index contributed by atoms with van der Waals surface area (Å²) in [7, 11) is 0. The Morgan fingerprint density at radius 2 is 1.88 bits per heavy atom. The monoisotopic (exact) mass is 325 g/mol. The van der Waals surface area contributed by atoms with Crippen LogP contribution in [0.2, 0.25) is 0 Å². The molecule has 1 aromatic heterocycles. The van der Waals surface area contributed by atoms with E-state index in [-0.39, 0.29) is 23.5 Å². The van der Waals surface area contributed by atoms with Crippen molar-refractivity contribution in [2.45, 2.75) is 33.4 Å². The molecule has 24 heavy (non-hydrogen) atoms. The van der Waals surface area contributed by atoms with Gasteiger partial charge >= 0.3 is 0 Å². The lowest BCUT2D eigenvalue weighted by Gasteiger charge is -2.26. The summed E-state index contributed by atoms with van der Waals surface area (Å²) in [6.45, 7) is 6.23. The predicted octanol–water partition coefficient (Wildman–Crippen LogP) is 4.93. The Hall–Kier alpha value is -2.62. The van der Waals surface area contributed by atoms with Gasteiger partial charge in [-0.15, -0.1) is 0 Å². The first-order valence-electron chi connectivity index (χ1n) is 8.01. The first-order chi connectivity index (χ1) is 11.5. The lowest BCUT2D eigenvalue weighted by molar-refractivity contribution is 0.0659. The number of rotatable bonds is 4. The third-order valence-electron chi connectivity index (χ3n) is 4.17. The predicted molar refractivity (Wildman–Crippen MR) is 92.4 cm³/mol. The van der Waals surface area contributed by atoms with Gasteiger partial charge in [0.05, 0.1) is 0 Å². The summed E-state index contributed by atoms with van der Waals surface area (Å²) in [5.41, 5.74) is 2.26. The van der Waals surface area contributed by atoms with Gasteiger partial charge < -0.3 is 9.32 Å². The Labute approximate surface area is 140 Å². The maximum Gasteiger partial charge on any atom is 0.290 e. The molecule has 0 atom stereocenters. The maximum atomic E-state index is 13.5. The van der Waals surface area contributed by atoms with Crippen LogP contribution in [-0.4, -0.2) is 16.8 Å². The number of fused-ring (bicyclic) bond motifs is 1. The summed E-state index contributed by atoms with van der Waals surface area (Å²) in [4.78, 5) is 14.8.